The van der Waals surface area contributed by atoms with E-state index in [-0.39, 0.29) is 29.8 Å². The van der Waals surface area contributed by atoms with Gasteiger partial charge in [-0.2, -0.15) is 0 Å². The zero-order chi connectivity index (χ0) is 19.2. The Labute approximate surface area is 152 Å². The molecule has 0 aliphatic rings. The van der Waals surface area contributed by atoms with Crippen molar-refractivity contribution in [3.8, 4) is 0 Å². The number of carbonyl (C=O) groups excluding carboxylic acids is 2. The Bertz CT molecular complexity index is 574. The molecule has 0 spiro atoms. The van der Waals surface area contributed by atoms with E-state index >= 15 is 0 Å². The van der Waals surface area contributed by atoms with Gasteiger partial charge in [0.05, 0.1) is 6.54 Å². The number of nitrogens with one attached hydrogen (secondary N) is 1. The van der Waals surface area contributed by atoms with Crippen LogP contribution in [0, 0.1) is 5.92 Å². The highest BCUT2D eigenvalue weighted by atomic mass is 16.2. The molecule has 1 aromatic rings. The van der Waals surface area contributed by atoms with Crippen LogP contribution in [0.1, 0.15) is 51.8 Å². The van der Waals surface area contributed by atoms with Crippen LogP contribution in [0.5, 0.6) is 0 Å². The van der Waals surface area contributed by atoms with E-state index in [4.69, 9.17) is 0 Å². The number of hydrogen-bond donors (Lipinski definition) is 2. The van der Waals surface area contributed by atoms with Gasteiger partial charge in [0, 0.05) is 25.6 Å². The van der Waals surface area contributed by atoms with Crippen LogP contribution >= 0.6 is 0 Å². The van der Waals surface area contributed by atoms with Gasteiger partial charge in [0.2, 0.25) is 5.91 Å². The third-order valence-electron chi connectivity index (χ3n) is 4.51. The summed E-state index contributed by atoms with van der Waals surface area (Å²) in [6.45, 7) is 11.4. The number of amides is 2. The Morgan fingerprint density at radius 2 is 1.72 bits per heavy atom. The highest BCUT2D eigenvalue weighted by Crippen LogP contribution is 2.25. The third-order valence-corrected chi connectivity index (χ3v) is 4.51. The first-order valence-electron chi connectivity index (χ1n) is 8.94. The summed E-state index contributed by atoms with van der Waals surface area (Å²) in [7, 11) is 3.23. The topological polar surface area (TPSA) is 66.0 Å². The van der Waals surface area contributed by atoms with Crippen LogP contribution in [0.3, 0.4) is 0 Å². The molecule has 0 bridgehead atoms. The molecule has 0 aliphatic heterocycles. The van der Waals surface area contributed by atoms with Gasteiger partial charge >= 0.3 is 0 Å². The number of carbonyl (C=O) groups is 2. The quantitative estimate of drug-likeness (QED) is 0.783. The maximum atomic E-state index is 12.3. The van der Waals surface area contributed by atoms with Crippen LogP contribution in [-0.2, 0) is 15.0 Å². The summed E-state index contributed by atoms with van der Waals surface area (Å²) in [5.41, 5.74) is 2.67. The van der Waals surface area contributed by atoms with Crippen molar-refractivity contribution in [2.24, 2.45) is 5.92 Å². The van der Waals surface area contributed by atoms with E-state index in [9.17, 15) is 9.59 Å². The fourth-order valence-electron chi connectivity index (χ4n) is 2.76. The standard InChI is InChI=1S/C20H33N3O2/c1-14(2)19(15-8-10-16(11-9-15)20(3,4)5)22-12-18(25)23(7)13-17(24)21-6/h8-11,14,19,22H,12-13H2,1-7H3,(H,21,24)/p+1/t19-/m1/s1. The van der Waals surface area contributed by atoms with Crippen molar-refractivity contribution in [1.29, 1.82) is 0 Å². The number of quaternary nitrogens is 1. The summed E-state index contributed by atoms with van der Waals surface area (Å²) < 4.78 is 0. The molecule has 0 aromatic heterocycles. The minimum absolute atomic E-state index is 0.0411. The van der Waals surface area contributed by atoms with E-state index in [1.807, 2.05) is 0 Å². The van der Waals surface area contributed by atoms with Gasteiger partial charge in [-0.05, 0) is 11.0 Å². The zero-order valence-electron chi connectivity index (χ0n) is 16.7. The molecule has 1 atom stereocenters. The highest BCUT2D eigenvalue weighted by molar-refractivity contribution is 5.84. The van der Waals surface area contributed by atoms with Gasteiger partial charge in [-0.3, -0.25) is 9.59 Å². The molecular weight excluding hydrogens is 314 g/mol. The predicted molar refractivity (Wildman–Crippen MR) is 101 cm³/mol. The van der Waals surface area contributed by atoms with Gasteiger partial charge in [0.15, 0.2) is 6.54 Å². The maximum absolute atomic E-state index is 12.3. The molecule has 140 valence electrons. The molecule has 1 aromatic carbocycles. The molecule has 0 unspecified atom stereocenters. The fraction of sp³-hybridized carbons (Fsp3) is 0.600. The van der Waals surface area contributed by atoms with Gasteiger partial charge in [0.25, 0.3) is 5.91 Å². The summed E-state index contributed by atoms with van der Waals surface area (Å²) in [6, 6.07) is 8.91. The second-order valence-corrected chi connectivity index (χ2v) is 8.00. The average molecular weight is 349 g/mol. The van der Waals surface area contributed by atoms with Crippen molar-refractivity contribution in [3.63, 3.8) is 0 Å². The van der Waals surface area contributed by atoms with Crippen molar-refractivity contribution < 1.29 is 14.9 Å². The molecule has 0 radical (unpaired) electrons. The van der Waals surface area contributed by atoms with Crippen LogP contribution in [0.25, 0.3) is 0 Å². The van der Waals surface area contributed by atoms with Crippen LogP contribution in [0.2, 0.25) is 0 Å². The van der Waals surface area contributed by atoms with Gasteiger partial charge in [0.1, 0.15) is 6.04 Å². The van der Waals surface area contributed by atoms with Crippen molar-refractivity contribution >= 4 is 11.8 Å². The van der Waals surface area contributed by atoms with Crippen molar-refractivity contribution in [2.75, 3.05) is 27.2 Å². The number of nitrogens with zero attached hydrogens (tertiary/aromatic N) is 1. The van der Waals surface area contributed by atoms with Crippen molar-refractivity contribution in [1.82, 2.24) is 10.2 Å². The van der Waals surface area contributed by atoms with Crippen LogP contribution in [-0.4, -0.2) is 43.9 Å². The molecule has 25 heavy (non-hydrogen) atoms. The molecule has 5 heteroatoms. The minimum atomic E-state index is -0.158. The first kappa shape index (κ1) is 21.2. The molecule has 5 nitrogen and oxygen atoms in total. The Hall–Kier alpha value is -1.88. The highest BCUT2D eigenvalue weighted by Gasteiger charge is 2.23. The van der Waals surface area contributed by atoms with Gasteiger partial charge in [-0.15, -0.1) is 0 Å². The first-order chi connectivity index (χ1) is 11.6. The van der Waals surface area contributed by atoms with Crippen LogP contribution in [0.15, 0.2) is 24.3 Å². The van der Waals surface area contributed by atoms with Gasteiger partial charge in [-0.1, -0.05) is 58.9 Å². The lowest BCUT2D eigenvalue weighted by Crippen LogP contribution is -2.88. The van der Waals surface area contributed by atoms with E-state index in [1.165, 1.54) is 16.0 Å². The summed E-state index contributed by atoms with van der Waals surface area (Å²) in [6.07, 6.45) is 0. The minimum Gasteiger partial charge on any atom is -0.358 e. The zero-order valence-corrected chi connectivity index (χ0v) is 16.7. The van der Waals surface area contributed by atoms with E-state index in [0.717, 1.165) is 0 Å². The third kappa shape index (κ3) is 6.50. The molecule has 0 saturated carbocycles. The normalized spacial score (nSPS) is 12.8. The smallest absolute Gasteiger partial charge is 0.277 e. The monoisotopic (exact) mass is 348 g/mol. The average Bonchev–Trinajstić information content (AvgIpc) is 2.53. The molecule has 0 fully saturated rings. The number of nitrogens with two attached hydrogens (primary N) is 1. The number of likely N-dealkylation sites (N-methyl/N-ethyl adjacent to an activating group) is 2. The van der Waals surface area contributed by atoms with E-state index in [0.29, 0.717) is 12.5 Å². The Kier molecular flexibility index (Phi) is 7.61. The number of rotatable bonds is 7. The van der Waals surface area contributed by atoms with E-state index in [2.05, 4.69) is 69.5 Å². The number of hydrogen-bond acceptors (Lipinski definition) is 2. The van der Waals surface area contributed by atoms with Crippen LogP contribution < -0.4 is 10.6 Å². The largest absolute Gasteiger partial charge is 0.358 e. The van der Waals surface area contributed by atoms with Crippen molar-refractivity contribution in [2.45, 2.75) is 46.1 Å². The molecule has 0 aliphatic carbocycles. The molecule has 2 amide bonds. The van der Waals surface area contributed by atoms with Crippen molar-refractivity contribution in [3.05, 3.63) is 35.4 Å². The Balaban J connectivity index is 2.75. The molecule has 0 saturated heterocycles. The lowest BCUT2D eigenvalue weighted by molar-refractivity contribution is -0.692. The van der Waals surface area contributed by atoms with Crippen LogP contribution in [0.4, 0.5) is 0 Å². The molecule has 0 heterocycles. The number of benzene rings is 1. The first-order valence-corrected chi connectivity index (χ1v) is 8.94. The Morgan fingerprint density at radius 3 is 2.16 bits per heavy atom. The summed E-state index contributed by atoms with van der Waals surface area (Å²) >= 11 is 0. The van der Waals surface area contributed by atoms with Gasteiger partial charge in [-0.25, -0.2) is 0 Å². The fourth-order valence-corrected chi connectivity index (χ4v) is 2.76. The summed E-state index contributed by atoms with van der Waals surface area (Å²) in [5, 5.41) is 4.60. The second kappa shape index (κ2) is 8.99. The SMILES string of the molecule is CNC(=O)CN(C)C(=O)C[NH2+][C@@H](c1ccc(C(C)(C)C)cc1)C(C)C. The molecule has 1 rings (SSSR count). The Morgan fingerprint density at radius 1 is 1.16 bits per heavy atom. The summed E-state index contributed by atoms with van der Waals surface area (Å²) in [5.74, 6) is 0.201. The summed E-state index contributed by atoms with van der Waals surface area (Å²) in [4.78, 5) is 25.1. The van der Waals surface area contributed by atoms with E-state index in [1.54, 1.807) is 14.1 Å². The molecule has 3 N–H and O–H groups in total. The van der Waals surface area contributed by atoms with Gasteiger partial charge < -0.3 is 15.5 Å². The molecular formula is C20H34N3O2+. The van der Waals surface area contributed by atoms with E-state index < -0.39 is 0 Å². The maximum Gasteiger partial charge on any atom is 0.277 e. The second-order valence-electron chi connectivity index (χ2n) is 8.00. The lowest BCUT2D eigenvalue weighted by atomic mass is 9.85. The predicted octanol–water partition coefficient (Wildman–Crippen LogP) is 1.45. The lowest BCUT2D eigenvalue weighted by Gasteiger charge is -2.23.